The molecular formula is C24H25ClFN5O2S. The first-order chi connectivity index (χ1) is 16.2. The summed E-state index contributed by atoms with van der Waals surface area (Å²) in [5.41, 5.74) is 1.10. The number of carbonyl (C=O) groups is 1. The van der Waals surface area contributed by atoms with Crippen molar-refractivity contribution in [1.82, 2.24) is 24.5 Å². The number of amides is 1. The van der Waals surface area contributed by atoms with Crippen molar-refractivity contribution in [3.8, 4) is 0 Å². The Balaban J connectivity index is 1.90. The van der Waals surface area contributed by atoms with Crippen LogP contribution in [0.15, 0.2) is 46.3 Å². The Kier molecular flexibility index (Phi) is 6.95. The van der Waals surface area contributed by atoms with Gasteiger partial charge in [0.1, 0.15) is 5.82 Å². The highest BCUT2D eigenvalue weighted by Gasteiger charge is 2.20. The molecule has 2 aromatic heterocycles. The molecule has 7 nitrogen and oxygen atoms in total. The van der Waals surface area contributed by atoms with E-state index in [4.69, 9.17) is 11.6 Å². The summed E-state index contributed by atoms with van der Waals surface area (Å²) in [6, 6.07) is 9.49. The second kappa shape index (κ2) is 9.76. The van der Waals surface area contributed by atoms with E-state index >= 15 is 0 Å². The predicted molar refractivity (Wildman–Crippen MR) is 133 cm³/mol. The topological polar surface area (TPSA) is 81.3 Å². The molecule has 0 saturated heterocycles. The lowest BCUT2D eigenvalue weighted by molar-refractivity contribution is 0.0943. The van der Waals surface area contributed by atoms with Crippen molar-refractivity contribution < 1.29 is 9.18 Å². The summed E-state index contributed by atoms with van der Waals surface area (Å²) in [5, 5.41) is 12.7. The second-order valence-electron chi connectivity index (χ2n) is 8.78. The number of carbonyl (C=O) groups excluding carboxylic acids is 1. The molecule has 0 aliphatic rings. The maximum absolute atomic E-state index is 14.3. The standard InChI is InChI=1S/C24H25ClFN5O2S/c1-13(2)11-30-22(33)16-9-8-15(21(32)27-14(3)4)10-20(16)31-23(30)28-29-24(31)34-12-17-18(25)6-5-7-19(17)26/h5-10,13-14H,11-12H2,1-4H3,(H,27,32). The number of aromatic nitrogens is 4. The third kappa shape index (κ3) is 4.67. The summed E-state index contributed by atoms with van der Waals surface area (Å²) in [7, 11) is 0. The maximum atomic E-state index is 14.3. The molecule has 0 unspecified atom stereocenters. The molecule has 0 aliphatic heterocycles. The number of benzene rings is 2. The summed E-state index contributed by atoms with van der Waals surface area (Å²) in [5.74, 6) is 0.152. The minimum absolute atomic E-state index is 0.0335. The van der Waals surface area contributed by atoms with Gasteiger partial charge in [-0.05, 0) is 50.1 Å². The largest absolute Gasteiger partial charge is 0.350 e. The smallest absolute Gasteiger partial charge is 0.262 e. The number of hydrogen-bond donors (Lipinski definition) is 1. The van der Waals surface area contributed by atoms with Crippen molar-refractivity contribution in [3.63, 3.8) is 0 Å². The zero-order chi connectivity index (χ0) is 24.6. The van der Waals surface area contributed by atoms with E-state index in [0.717, 1.165) is 0 Å². The Hall–Kier alpha value is -2.91. The van der Waals surface area contributed by atoms with Crippen LogP contribution in [0.2, 0.25) is 5.02 Å². The van der Waals surface area contributed by atoms with E-state index in [1.54, 1.807) is 39.3 Å². The van der Waals surface area contributed by atoms with E-state index in [2.05, 4.69) is 15.5 Å². The van der Waals surface area contributed by atoms with Crippen LogP contribution in [-0.4, -0.2) is 31.1 Å². The summed E-state index contributed by atoms with van der Waals surface area (Å²) >= 11 is 7.46. The molecule has 34 heavy (non-hydrogen) atoms. The molecular weight excluding hydrogens is 477 g/mol. The molecule has 4 rings (SSSR count). The fourth-order valence-corrected chi connectivity index (χ4v) is 4.98. The number of thioether (sulfide) groups is 1. The Labute approximate surface area is 205 Å². The minimum Gasteiger partial charge on any atom is -0.350 e. The van der Waals surface area contributed by atoms with Gasteiger partial charge in [-0.25, -0.2) is 4.39 Å². The van der Waals surface area contributed by atoms with Crippen LogP contribution in [0.25, 0.3) is 16.7 Å². The zero-order valence-corrected chi connectivity index (χ0v) is 20.9. The molecule has 0 spiro atoms. The van der Waals surface area contributed by atoms with Gasteiger partial charge in [0, 0.05) is 34.5 Å². The Morgan fingerprint density at radius 1 is 1.18 bits per heavy atom. The van der Waals surface area contributed by atoms with E-state index < -0.39 is 5.82 Å². The van der Waals surface area contributed by atoms with Gasteiger partial charge in [0.15, 0.2) is 5.16 Å². The van der Waals surface area contributed by atoms with Crippen molar-refractivity contribution in [1.29, 1.82) is 0 Å². The van der Waals surface area contributed by atoms with Gasteiger partial charge in [0.25, 0.3) is 11.5 Å². The van der Waals surface area contributed by atoms with Crippen LogP contribution in [0, 0.1) is 11.7 Å². The van der Waals surface area contributed by atoms with Crippen molar-refractivity contribution in [2.45, 2.75) is 51.2 Å². The minimum atomic E-state index is -0.400. The molecule has 2 aromatic carbocycles. The number of fused-ring (bicyclic) bond motifs is 3. The SMILES string of the molecule is CC(C)Cn1c(=O)c2ccc(C(=O)NC(C)C)cc2n2c(SCc3c(F)cccc3Cl)nnc12. The molecule has 4 aromatic rings. The average molecular weight is 502 g/mol. The molecule has 10 heteroatoms. The molecule has 0 saturated carbocycles. The van der Waals surface area contributed by atoms with Gasteiger partial charge in [-0.15, -0.1) is 10.2 Å². The Morgan fingerprint density at radius 3 is 2.62 bits per heavy atom. The predicted octanol–water partition coefficient (Wildman–Crippen LogP) is 4.92. The summed E-state index contributed by atoms with van der Waals surface area (Å²) in [6.45, 7) is 8.24. The fraction of sp³-hybridized carbons (Fsp3) is 0.333. The molecule has 0 radical (unpaired) electrons. The first-order valence-corrected chi connectivity index (χ1v) is 12.3. The highest BCUT2D eigenvalue weighted by Crippen LogP contribution is 2.29. The fourth-order valence-electron chi connectivity index (χ4n) is 3.70. The van der Waals surface area contributed by atoms with Crippen LogP contribution in [0.5, 0.6) is 0 Å². The Morgan fingerprint density at radius 2 is 1.94 bits per heavy atom. The number of halogens is 2. The van der Waals surface area contributed by atoms with Gasteiger partial charge in [-0.1, -0.05) is 43.3 Å². The Bertz CT molecular complexity index is 1430. The number of hydrogen-bond acceptors (Lipinski definition) is 5. The molecule has 0 atom stereocenters. The van der Waals surface area contributed by atoms with Crippen LogP contribution in [-0.2, 0) is 12.3 Å². The summed E-state index contributed by atoms with van der Waals surface area (Å²) < 4.78 is 17.7. The van der Waals surface area contributed by atoms with Crippen molar-refractivity contribution in [2.24, 2.45) is 5.92 Å². The molecule has 178 valence electrons. The van der Waals surface area contributed by atoms with Crippen LogP contribution in [0.3, 0.4) is 0 Å². The van der Waals surface area contributed by atoms with Gasteiger partial charge in [0.05, 0.1) is 10.9 Å². The van der Waals surface area contributed by atoms with Crippen LogP contribution < -0.4 is 10.9 Å². The molecule has 1 N–H and O–H groups in total. The highest BCUT2D eigenvalue weighted by atomic mass is 35.5. The normalized spacial score (nSPS) is 11.8. The second-order valence-corrected chi connectivity index (χ2v) is 10.1. The number of nitrogens with zero attached hydrogens (tertiary/aromatic N) is 4. The van der Waals surface area contributed by atoms with Crippen LogP contribution >= 0.6 is 23.4 Å². The van der Waals surface area contributed by atoms with Crippen LogP contribution in [0.4, 0.5) is 4.39 Å². The molecule has 1 amide bonds. The third-order valence-electron chi connectivity index (χ3n) is 5.21. The van der Waals surface area contributed by atoms with Gasteiger partial charge in [-0.2, -0.15) is 0 Å². The quantitative estimate of drug-likeness (QED) is 0.363. The maximum Gasteiger partial charge on any atom is 0.262 e. The van der Waals surface area contributed by atoms with Crippen molar-refractivity contribution in [3.05, 3.63) is 68.7 Å². The van der Waals surface area contributed by atoms with Gasteiger partial charge in [-0.3, -0.25) is 18.6 Å². The molecule has 0 aliphatic carbocycles. The van der Waals surface area contributed by atoms with Gasteiger partial charge in [0.2, 0.25) is 5.78 Å². The average Bonchev–Trinajstić information content (AvgIpc) is 3.19. The van der Waals surface area contributed by atoms with E-state index in [1.165, 1.54) is 17.8 Å². The van der Waals surface area contributed by atoms with E-state index in [9.17, 15) is 14.0 Å². The lowest BCUT2D eigenvalue weighted by Gasteiger charge is -2.14. The molecule has 2 heterocycles. The van der Waals surface area contributed by atoms with Crippen molar-refractivity contribution in [2.75, 3.05) is 0 Å². The first kappa shape index (κ1) is 24.2. The van der Waals surface area contributed by atoms with Crippen LogP contribution in [0.1, 0.15) is 43.6 Å². The molecule has 0 fully saturated rings. The third-order valence-corrected chi connectivity index (χ3v) is 6.52. The van der Waals surface area contributed by atoms with E-state index in [-0.39, 0.29) is 29.2 Å². The summed E-state index contributed by atoms with van der Waals surface area (Å²) in [6.07, 6.45) is 0. The summed E-state index contributed by atoms with van der Waals surface area (Å²) in [4.78, 5) is 26.0. The highest BCUT2D eigenvalue weighted by molar-refractivity contribution is 7.98. The van der Waals surface area contributed by atoms with Gasteiger partial charge >= 0.3 is 0 Å². The number of nitrogens with one attached hydrogen (secondary N) is 1. The lowest BCUT2D eigenvalue weighted by Crippen LogP contribution is -2.30. The first-order valence-electron chi connectivity index (χ1n) is 11.0. The van der Waals surface area contributed by atoms with E-state index in [0.29, 0.717) is 44.5 Å². The lowest BCUT2D eigenvalue weighted by atomic mass is 10.1. The van der Waals surface area contributed by atoms with Gasteiger partial charge < -0.3 is 5.32 Å². The number of rotatable bonds is 7. The van der Waals surface area contributed by atoms with Crippen molar-refractivity contribution >= 4 is 46.0 Å². The monoisotopic (exact) mass is 501 g/mol. The van der Waals surface area contributed by atoms with E-state index in [1.807, 2.05) is 27.7 Å². The molecule has 0 bridgehead atoms. The zero-order valence-electron chi connectivity index (χ0n) is 19.3.